The average Bonchev–Trinajstić information content (AvgIpc) is 3.74. The van der Waals surface area contributed by atoms with Gasteiger partial charge in [0.2, 0.25) is 0 Å². The van der Waals surface area contributed by atoms with E-state index in [0.29, 0.717) is 17.5 Å². The predicted molar refractivity (Wildman–Crippen MR) is 209 cm³/mol. The summed E-state index contributed by atoms with van der Waals surface area (Å²) < 4.78 is 4.77. The van der Waals surface area contributed by atoms with Crippen molar-refractivity contribution in [3.63, 3.8) is 0 Å². The van der Waals surface area contributed by atoms with Crippen molar-refractivity contribution < 1.29 is 0 Å². The van der Waals surface area contributed by atoms with Gasteiger partial charge in [-0.2, -0.15) is 0 Å². The largest absolute Gasteiger partial charge is 0.309 e. The molecule has 0 spiro atoms. The van der Waals surface area contributed by atoms with Crippen LogP contribution in [0.5, 0.6) is 0 Å². The molecule has 10 aromatic rings. The Morgan fingerprint density at radius 2 is 0.920 bits per heavy atom. The molecular weight excluding hydrogens is 629 g/mol. The summed E-state index contributed by atoms with van der Waals surface area (Å²) >= 11 is 1.79. The standard InChI is InChI=1S/C45H28N4S/c1-3-14-29(15-4-1)31-18-13-19-32(26-31)44-46-43(30-16-5-2-6-17-30)47-45(48-44)38-28-33(27-37-36-22-9-12-25-41(36)50-42(37)38)49-39-23-10-7-20-34(39)35-21-8-11-24-40(35)49/h1-28H. The van der Waals surface area contributed by atoms with E-state index in [4.69, 9.17) is 15.0 Å². The molecule has 234 valence electrons. The van der Waals surface area contributed by atoms with E-state index in [1.165, 1.54) is 26.2 Å². The molecule has 0 unspecified atom stereocenters. The first-order chi connectivity index (χ1) is 24.8. The minimum atomic E-state index is 0.642. The smallest absolute Gasteiger partial charge is 0.165 e. The third kappa shape index (κ3) is 4.71. The van der Waals surface area contributed by atoms with E-state index in [9.17, 15) is 0 Å². The maximum absolute atomic E-state index is 5.28. The molecule has 0 atom stereocenters. The zero-order chi connectivity index (χ0) is 33.0. The van der Waals surface area contributed by atoms with E-state index < -0.39 is 0 Å². The van der Waals surface area contributed by atoms with Crippen molar-refractivity contribution in [1.82, 2.24) is 19.5 Å². The van der Waals surface area contributed by atoms with E-state index in [2.05, 4.69) is 150 Å². The molecule has 0 aliphatic heterocycles. The van der Waals surface area contributed by atoms with Crippen molar-refractivity contribution in [3.8, 4) is 51.0 Å². The Balaban J connectivity index is 1.27. The van der Waals surface area contributed by atoms with E-state index in [0.717, 1.165) is 49.2 Å². The fourth-order valence-corrected chi connectivity index (χ4v) is 8.31. The van der Waals surface area contributed by atoms with Gasteiger partial charge >= 0.3 is 0 Å². The molecule has 7 aromatic carbocycles. The summed E-state index contributed by atoms with van der Waals surface area (Å²) in [6.45, 7) is 0. The van der Waals surface area contributed by atoms with Crippen molar-refractivity contribution in [2.45, 2.75) is 0 Å². The highest BCUT2D eigenvalue weighted by atomic mass is 32.1. The van der Waals surface area contributed by atoms with Crippen molar-refractivity contribution in [3.05, 3.63) is 170 Å². The highest BCUT2D eigenvalue weighted by molar-refractivity contribution is 7.26. The number of hydrogen-bond donors (Lipinski definition) is 0. The maximum Gasteiger partial charge on any atom is 0.165 e. The Morgan fingerprint density at radius 3 is 1.64 bits per heavy atom. The molecule has 0 saturated carbocycles. The van der Waals surface area contributed by atoms with E-state index in [1.807, 2.05) is 24.3 Å². The normalized spacial score (nSPS) is 11.6. The third-order valence-electron chi connectivity index (χ3n) is 9.44. The van der Waals surface area contributed by atoms with E-state index in [1.54, 1.807) is 11.3 Å². The summed E-state index contributed by atoms with van der Waals surface area (Å²) in [7, 11) is 0. The first kappa shape index (κ1) is 28.6. The lowest BCUT2D eigenvalue weighted by Crippen LogP contribution is -2.01. The molecular formula is C45H28N4S. The van der Waals surface area contributed by atoms with Gasteiger partial charge in [0.1, 0.15) is 0 Å². The van der Waals surface area contributed by atoms with Crippen LogP contribution in [-0.2, 0) is 0 Å². The predicted octanol–water partition coefficient (Wildman–Crippen LogP) is 12.0. The lowest BCUT2D eigenvalue weighted by molar-refractivity contribution is 1.07. The zero-order valence-electron chi connectivity index (χ0n) is 26.9. The molecule has 5 heteroatoms. The zero-order valence-corrected chi connectivity index (χ0v) is 27.7. The van der Waals surface area contributed by atoms with E-state index in [-0.39, 0.29) is 0 Å². The number of hydrogen-bond acceptors (Lipinski definition) is 4. The second kappa shape index (κ2) is 11.6. The molecule has 0 fully saturated rings. The number of thiophene rings is 1. The number of fused-ring (bicyclic) bond motifs is 6. The Kier molecular flexibility index (Phi) is 6.64. The molecule has 4 nitrogen and oxygen atoms in total. The van der Waals surface area contributed by atoms with Gasteiger partial charge in [0, 0.05) is 53.3 Å². The SMILES string of the molecule is c1ccc(-c2cccc(-c3nc(-c4ccccc4)nc(-c4cc(-n5c6ccccc6c6ccccc65)cc5c4sc4ccccc45)n3)c2)cc1. The summed E-state index contributed by atoms with van der Waals surface area (Å²) in [5.74, 6) is 1.94. The number of rotatable bonds is 5. The highest BCUT2D eigenvalue weighted by Gasteiger charge is 2.20. The summed E-state index contributed by atoms with van der Waals surface area (Å²) in [6.07, 6.45) is 0. The number of benzene rings is 7. The van der Waals surface area contributed by atoms with Gasteiger partial charge in [-0.05, 0) is 47.5 Å². The Bertz CT molecular complexity index is 2820. The van der Waals surface area contributed by atoms with Gasteiger partial charge in [-0.3, -0.25) is 0 Å². The van der Waals surface area contributed by atoms with Crippen LogP contribution in [0, 0.1) is 0 Å². The first-order valence-electron chi connectivity index (χ1n) is 16.7. The quantitative estimate of drug-likeness (QED) is 0.185. The molecule has 50 heavy (non-hydrogen) atoms. The molecule has 3 heterocycles. The van der Waals surface area contributed by atoms with Crippen LogP contribution >= 0.6 is 11.3 Å². The summed E-state index contributed by atoms with van der Waals surface area (Å²) in [4.78, 5) is 15.6. The molecule has 0 radical (unpaired) electrons. The fraction of sp³-hybridized carbons (Fsp3) is 0. The van der Waals surface area contributed by atoms with Crippen LogP contribution < -0.4 is 0 Å². The van der Waals surface area contributed by atoms with Crippen LogP contribution in [0.25, 0.3) is 93.0 Å². The highest BCUT2D eigenvalue weighted by Crippen LogP contribution is 2.43. The van der Waals surface area contributed by atoms with Crippen LogP contribution in [0.15, 0.2) is 170 Å². The third-order valence-corrected chi connectivity index (χ3v) is 10.7. The topological polar surface area (TPSA) is 43.6 Å². The Hall–Kier alpha value is -6.43. The molecule has 0 saturated heterocycles. The van der Waals surface area contributed by atoms with Crippen molar-refractivity contribution >= 4 is 53.3 Å². The lowest BCUT2D eigenvalue weighted by Gasteiger charge is -2.13. The van der Waals surface area contributed by atoms with Gasteiger partial charge < -0.3 is 4.57 Å². The van der Waals surface area contributed by atoms with Gasteiger partial charge in [-0.1, -0.05) is 133 Å². The van der Waals surface area contributed by atoms with Crippen LogP contribution in [-0.4, -0.2) is 19.5 Å². The Morgan fingerprint density at radius 1 is 0.380 bits per heavy atom. The van der Waals surface area contributed by atoms with Crippen LogP contribution in [0.2, 0.25) is 0 Å². The summed E-state index contributed by atoms with van der Waals surface area (Å²) in [5.41, 5.74) is 8.55. The second-order valence-electron chi connectivity index (χ2n) is 12.5. The minimum Gasteiger partial charge on any atom is -0.309 e. The van der Waals surface area contributed by atoms with Crippen molar-refractivity contribution in [1.29, 1.82) is 0 Å². The number of para-hydroxylation sites is 2. The lowest BCUT2D eigenvalue weighted by atomic mass is 10.0. The molecule has 0 amide bonds. The van der Waals surface area contributed by atoms with Gasteiger partial charge in [-0.15, -0.1) is 11.3 Å². The maximum atomic E-state index is 5.28. The molecule has 0 bridgehead atoms. The van der Waals surface area contributed by atoms with Gasteiger partial charge in [0.15, 0.2) is 17.5 Å². The van der Waals surface area contributed by atoms with Crippen LogP contribution in [0.3, 0.4) is 0 Å². The van der Waals surface area contributed by atoms with Gasteiger partial charge in [0.25, 0.3) is 0 Å². The second-order valence-corrected chi connectivity index (χ2v) is 13.5. The van der Waals surface area contributed by atoms with Gasteiger partial charge in [0.05, 0.1) is 11.0 Å². The number of aromatic nitrogens is 4. The first-order valence-corrected chi connectivity index (χ1v) is 17.5. The molecule has 0 aliphatic rings. The number of nitrogens with zero attached hydrogens (tertiary/aromatic N) is 4. The molecule has 0 aliphatic carbocycles. The monoisotopic (exact) mass is 656 g/mol. The fourth-order valence-electron chi connectivity index (χ4n) is 7.12. The summed E-state index contributed by atoms with van der Waals surface area (Å²) in [5, 5.41) is 4.87. The molecule has 10 rings (SSSR count). The van der Waals surface area contributed by atoms with E-state index >= 15 is 0 Å². The van der Waals surface area contributed by atoms with Crippen molar-refractivity contribution in [2.24, 2.45) is 0 Å². The summed E-state index contributed by atoms with van der Waals surface area (Å²) in [6, 6.07) is 59.7. The van der Waals surface area contributed by atoms with Crippen molar-refractivity contribution in [2.75, 3.05) is 0 Å². The van der Waals surface area contributed by atoms with Crippen LogP contribution in [0.4, 0.5) is 0 Å². The van der Waals surface area contributed by atoms with Gasteiger partial charge in [-0.25, -0.2) is 15.0 Å². The Labute approximate surface area is 292 Å². The average molecular weight is 657 g/mol. The molecule has 3 aromatic heterocycles. The minimum absolute atomic E-state index is 0.642. The van der Waals surface area contributed by atoms with Crippen LogP contribution in [0.1, 0.15) is 0 Å². The molecule has 0 N–H and O–H groups in total.